The summed E-state index contributed by atoms with van der Waals surface area (Å²) < 4.78 is 2.06. The summed E-state index contributed by atoms with van der Waals surface area (Å²) in [6, 6.07) is 13.8. The number of para-hydroxylation sites is 1. The Labute approximate surface area is 143 Å². The first-order chi connectivity index (χ1) is 12.3. The van der Waals surface area contributed by atoms with Crippen LogP contribution in [0.15, 0.2) is 61.1 Å². The molecule has 4 rings (SSSR count). The second-order valence-corrected chi connectivity index (χ2v) is 5.62. The van der Waals surface area contributed by atoms with Gasteiger partial charge in [-0.15, -0.1) is 5.10 Å². The SMILES string of the molecule is O=C(CCn1ccc2ccccc21)Nc1n[nH]c(-c2cccnc2)n1. The van der Waals surface area contributed by atoms with Crippen molar-refractivity contribution in [1.82, 2.24) is 24.7 Å². The fourth-order valence-electron chi connectivity index (χ4n) is 2.69. The van der Waals surface area contributed by atoms with Gasteiger partial charge in [-0.05, 0) is 29.7 Å². The minimum absolute atomic E-state index is 0.130. The molecule has 4 aromatic rings. The van der Waals surface area contributed by atoms with E-state index < -0.39 is 0 Å². The van der Waals surface area contributed by atoms with Crippen molar-refractivity contribution in [2.24, 2.45) is 0 Å². The zero-order valence-electron chi connectivity index (χ0n) is 13.4. The Balaban J connectivity index is 1.39. The maximum atomic E-state index is 12.2. The van der Waals surface area contributed by atoms with Gasteiger partial charge < -0.3 is 4.57 Å². The Morgan fingerprint density at radius 3 is 2.96 bits per heavy atom. The zero-order valence-corrected chi connectivity index (χ0v) is 13.4. The normalized spacial score (nSPS) is 10.9. The number of H-pyrrole nitrogens is 1. The Bertz CT molecular complexity index is 1000. The molecule has 0 unspecified atom stereocenters. The van der Waals surface area contributed by atoms with Gasteiger partial charge in [-0.25, -0.2) is 0 Å². The fraction of sp³-hybridized carbons (Fsp3) is 0.111. The van der Waals surface area contributed by atoms with Gasteiger partial charge in [-0.2, -0.15) is 4.98 Å². The van der Waals surface area contributed by atoms with Gasteiger partial charge in [-0.3, -0.25) is 20.2 Å². The lowest BCUT2D eigenvalue weighted by molar-refractivity contribution is -0.116. The maximum Gasteiger partial charge on any atom is 0.249 e. The van der Waals surface area contributed by atoms with Crippen molar-refractivity contribution in [2.75, 3.05) is 5.32 Å². The molecular weight excluding hydrogens is 316 g/mol. The summed E-state index contributed by atoms with van der Waals surface area (Å²) in [7, 11) is 0. The van der Waals surface area contributed by atoms with Gasteiger partial charge >= 0.3 is 0 Å². The third-order valence-electron chi connectivity index (χ3n) is 3.93. The highest BCUT2D eigenvalue weighted by Crippen LogP contribution is 2.16. The number of aromatic amines is 1. The number of benzene rings is 1. The van der Waals surface area contributed by atoms with E-state index in [0.717, 1.165) is 16.5 Å². The van der Waals surface area contributed by atoms with Crippen molar-refractivity contribution in [2.45, 2.75) is 13.0 Å². The molecule has 25 heavy (non-hydrogen) atoms. The standard InChI is InChI=1S/C18H16N6O/c25-16(8-11-24-10-7-13-4-1-2-6-15(13)24)20-18-21-17(22-23-18)14-5-3-9-19-12-14/h1-7,9-10,12H,8,11H2,(H2,20,21,22,23,25). The second kappa shape index (κ2) is 6.56. The van der Waals surface area contributed by atoms with Crippen molar-refractivity contribution in [3.8, 4) is 11.4 Å². The molecule has 124 valence electrons. The Hall–Kier alpha value is -3.48. The van der Waals surface area contributed by atoms with Crippen molar-refractivity contribution in [3.63, 3.8) is 0 Å². The minimum atomic E-state index is -0.130. The van der Waals surface area contributed by atoms with Gasteiger partial charge in [0.1, 0.15) is 0 Å². The number of hydrogen-bond donors (Lipinski definition) is 2. The first kappa shape index (κ1) is 15.1. The highest BCUT2D eigenvalue weighted by molar-refractivity contribution is 5.89. The van der Waals surface area contributed by atoms with Crippen molar-refractivity contribution < 1.29 is 4.79 Å². The lowest BCUT2D eigenvalue weighted by atomic mass is 10.2. The van der Waals surface area contributed by atoms with E-state index in [0.29, 0.717) is 18.8 Å². The molecule has 0 radical (unpaired) electrons. The third-order valence-corrected chi connectivity index (χ3v) is 3.93. The highest BCUT2D eigenvalue weighted by atomic mass is 16.1. The monoisotopic (exact) mass is 332 g/mol. The minimum Gasteiger partial charge on any atom is -0.347 e. The van der Waals surface area contributed by atoms with Gasteiger partial charge in [0.25, 0.3) is 0 Å². The summed E-state index contributed by atoms with van der Waals surface area (Å²) in [6.07, 6.45) is 5.71. The highest BCUT2D eigenvalue weighted by Gasteiger charge is 2.10. The number of amides is 1. The molecule has 2 N–H and O–H groups in total. The van der Waals surface area contributed by atoms with Crippen molar-refractivity contribution in [1.29, 1.82) is 0 Å². The zero-order chi connectivity index (χ0) is 17.1. The van der Waals surface area contributed by atoms with Gasteiger partial charge in [0.05, 0.1) is 0 Å². The van der Waals surface area contributed by atoms with E-state index >= 15 is 0 Å². The predicted molar refractivity (Wildman–Crippen MR) is 94.8 cm³/mol. The Morgan fingerprint density at radius 2 is 2.08 bits per heavy atom. The third kappa shape index (κ3) is 3.25. The first-order valence-electron chi connectivity index (χ1n) is 7.96. The molecule has 3 heterocycles. The summed E-state index contributed by atoms with van der Waals surface area (Å²) >= 11 is 0. The quantitative estimate of drug-likeness (QED) is 0.588. The van der Waals surface area contributed by atoms with E-state index in [2.05, 4.69) is 36.1 Å². The van der Waals surface area contributed by atoms with Crippen LogP contribution in [-0.4, -0.2) is 30.6 Å². The van der Waals surface area contributed by atoms with Crippen LogP contribution in [0.1, 0.15) is 6.42 Å². The van der Waals surface area contributed by atoms with Gasteiger partial charge in [0.2, 0.25) is 11.9 Å². The summed E-state index contributed by atoms with van der Waals surface area (Å²) in [5.41, 5.74) is 1.93. The maximum absolute atomic E-state index is 12.2. The summed E-state index contributed by atoms with van der Waals surface area (Å²) in [6.45, 7) is 0.596. The number of carbonyl (C=O) groups is 1. The number of fused-ring (bicyclic) bond motifs is 1. The molecule has 1 amide bonds. The molecule has 0 saturated carbocycles. The fourth-order valence-corrected chi connectivity index (χ4v) is 2.69. The number of carbonyl (C=O) groups excluding carboxylic acids is 1. The Morgan fingerprint density at radius 1 is 1.16 bits per heavy atom. The van der Waals surface area contributed by atoms with Gasteiger partial charge in [0.15, 0.2) is 5.82 Å². The largest absolute Gasteiger partial charge is 0.347 e. The number of aryl methyl sites for hydroxylation is 1. The van der Waals surface area contributed by atoms with Crippen LogP contribution < -0.4 is 5.32 Å². The molecule has 3 aromatic heterocycles. The first-order valence-corrected chi connectivity index (χ1v) is 7.96. The van der Waals surface area contributed by atoms with Crippen LogP contribution in [0.2, 0.25) is 0 Å². The molecule has 0 atom stereocenters. The lowest BCUT2D eigenvalue weighted by Gasteiger charge is -2.05. The van der Waals surface area contributed by atoms with Crippen LogP contribution in [0.3, 0.4) is 0 Å². The average Bonchev–Trinajstić information content (AvgIpc) is 3.28. The molecule has 1 aromatic carbocycles. The number of aromatic nitrogens is 5. The number of nitrogens with zero attached hydrogens (tertiary/aromatic N) is 4. The molecule has 0 saturated heterocycles. The Kier molecular flexibility index (Phi) is 3.96. The summed E-state index contributed by atoms with van der Waals surface area (Å²) in [5, 5.41) is 10.7. The van der Waals surface area contributed by atoms with Crippen LogP contribution in [0, 0.1) is 0 Å². The molecule has 0 aliphatic heterocycles. The predicted octanol–water partition coefficient (Wildman–Crippen LogP) is 2.85. The smallest absolute Gasteiger partial charge is 0.249 e. The average molecular weight is 332 g/mol. The van der Waals surface area contributed by atoms with Crippen LogP contribution in [0.25, 0.3) is 22.3 Å². The molecule has 0 bridgehead atoms. The van der Waals surface area contributed by atoms with Crippen LogP contribution >= 0.6 is 0 Å². The molecule has 0 fully saturated rings. The summed E-state index contributed by atoms with van der Waals surface area (Å²) in [5.74, 6) is 0.704. The van der Waals surface area contributed by atoms with Gasteiger partial charge in [0, 0.05) is 42.6 Å². The molecule has 7 nitrogen and oxygen atoms in total. The number of pyridine rings is 1. The van der Waals surface area contributed by atoms with Crippen LogP contribution in [-0.2, 0) is 11.3 Å². The summed E-state index contributed by atoms with van der Waals surface area (Å²) in [4.78, 5) is 20.5. The van der Waals surface area contributed by atoms with E-state index in [1.54, 1.807) is 12.4 Å². The van der Waals surface area contributed by atoms with E-state index in [1.807, 2.05) is 42.6 Å². The van der Waals surface area contributed by atoms with E-state index in [-0.39, 0.29) is 11.9 Å². The van der Waals surface area contributed by atoms with E-state index in [1.165, 1.54) is 0 Å². The van der Waals surface area contributed by atoms with E-state index in [9.17, 15) is 4.79 Å². The van der Waals surface area contributed by atoms with Crippen LogP contribution in [0.4, 0.5) is 5.95 Å². The number of anilines is 1. The number of nitrogens with one attached hydrogen (secondary N) is 2. The van der Waals surface area contributed by atoms with E-state index in [4.69, 9.17) is 0 Å². The number of hydrogen-bond acceptors (Lipinski definition) is 4. The molecule has 7 heteroatoms. The van der Waals surface area contributed by atoms with Gasteiger partial charge in [-0.1, -0.05) is 18.2 Å². The molecule has 0 aliphatic rings. The van der Waals surface area contributed by atoms with Crippen molar-refractivity contribution >= 4 is 22.8 Å². The molecule has 0 spiro atoms. The van der Waals surface area contributed by atoms with Crippen molar-refractivity contribution in [3.05, 3.63) is 61.1 Å². The molecule has 0 aliphatic carbocycles. The number of rotatable bonds is 5. The lowest BCUT2D eigenvalue weighted by Crippen LogP contribution is -2.15. The topological polar surface area (TPSA) is 88.5 Å². The second-order valence-electron chi connectivity index (χ2n) is 5.62. The van der Waals surface area contributed by atoms with Crippen LogP contribution in [0.5, 0.6) is 0 Å². The molecular formula is C18H16N6O.